The highest BCUT2D eigenvalue weighted by molar-refractivity contribution is 6.31. The van der Waals surface area contributed by atoms with Crippen LogP contribution in [0.5, 0.6) is 0 Å². The van der Waals surface area contributed by atoms with Crippen LogP contribution in [0.1, 0.15) is 58.8 Å². The van der Waals surface area contributed by atoms with E-state index in [0.29, 0.717) is 18.7 Å². The zero-order chi connectivity index (χ0) is 16.8. The first kappa shape index (κ1) is 20.1. The van der Waals surface area contributed by atoms with Crippen molar-refractivity contribution < 1.29 is 14.6 Å². The lowest BCUT2D eigenvalue weighted by Gasteiger charge is -2.15. The molecular formula is C15H30N5O2+. The van der Waals surface area contributed by atoms with Crippen molar-refractivity contribution in [3.8, 4) is 0 Å². The Hall–Kier alpha value is -1.92. The highest BCUT2D eigenvalue weighted by Gasteiger charge is 2.21. The number of hydrogen-bond donors (Lipinski definition) is 4. The van der Waals surface area contributed by atoms with Gasteiger partial charge in [-0.15, -0.1) is 0 Å². The SMILES string of the molecule is CCCCCCCC(=O)N[C@H](CC(N)=O)/C(C=[NH+]CC)=N/N. The average molecular weight is 312 g/mol. The third kappa shape index (κ3) is 9.90. The largest absolute Gasteiger partial charge is 0.370 e. The van der Waals surface area contributed by atoms with Crippen LogP contribution in [-0.4, -0.2) is 36.3 Å². The lowest BCUT2D eigenvalue weighted by atomic mass is 10.1. The van der Waals surface area contributed by atoms with Crippen LogP contribution in [0.15, 0.2) is 5.10 Å². The number of unbranched alkanes of at least 4 members (excludes halogenated alkanes) is 4. The molecule has 0 saturated heterocycles. The monoisotopic (exact) mass is 312 g/mol. The summed E-state index contributed by atoms with van der Waals surface area (Å²) in [4.78, 5) is 26.1. The number of carbonyl (C=O) groups is 2. The van der Waals surface area contributed by atoms with Crippen molar-refractivity contribution in [3.63, 3.8) is 0 Å². The number of nitrogens with two attached hydrogens (primary N) is 2. The molecule has 22 heavy (non-hydrogen) atoms. The Morgan fingerprint density at radius 2 is 1.91 bits per heavy atom. The molecule has 0 spiro atoms. The number of amides is 2. The molecule has 1 atom stereocenters. The first-order valence-corrected chi connectivity index (χ1v) is 7.97. The van der Waals surface area contributed by atoms with Crippen molar-refractivity contribution >= 4 is 23.7 Å². The van der Waals surface area contributed by atoms with Gasteiger partial charge < -0.3 is 16.9 Å². The molecule has 0 rings (SSSR count). The van der Waals surface area contributed by atoms with E-state index >= 15 is 0 Å². The van der Waals surface area contributed by atoms with Crippen LogP contribution < -0.4 is 21.9 Å². The minimum Gasteiger partial charge on any atom is -0.370 e. The Bertz CT molecular complexity index is 393. The summed E-state index contributed by atoms with van der Waals surface area (Å²) < 4.78 is 0. The maximum absolute atomic E-state index is 12.0. The number of hydrogen-bond acceptors (Lipinski definition) is 4. The molecule has 0 aliphatic heterocycles. The summed E-state index contributed by atoms with van der Waals surface area (Å²) >= 11 is 0. The number of nitrogens with zero attached hydrogens (tertiary/aromatic N) is 1. The maximum atomic E-state index is 12.0. The van der Waals surface area contributed by atoms with Crippen molar-refractivity contribution in [2.24, 2.45) is 16.7 Å². The van der Waals surface area contributed by atoms with E-state index in [1.807, 2.05) is 6.92 Å². The summed E-state index contributed by atoms with van der Waals surface area (Å²) in [6, 6.07) is -0.593. The number of rotatable bonds is 12. The predicted molar refractivity (Wildman–Crippen MR) is 88.3 cm³/mol. The van der Waals surface area contributed by atoms with Crippen LogP contribution in [0.3, 0.4) is 0 Å². The van der Waals surface area contributed by atoms with E-state index < -0.39 is 11.9 Å². The summed E-state index contributed by atoms with van der Waals surface area (Å²) in [6.45, 7) is 4.76. The van der Waals surface area contributed by atoms with Crippen molar-refractivity contribution in [3.05, 3.63) is 0 Å². The number of carbonyl (C=O) groups excluding carboxylic acids is 2. The summed E-state index contributed by atoms with van der Waals surface area (Å²) in [6.07, 6.45) is 7.35. The average Bonchev–Trinajstić information content (AvgIpc) is 2.47. The van der Waals surface area contributed by atoms with Gasteiger partial charge in [-0.2, -0.15) is 5.10 Å². The van der Waals surface area contributed by atoms with Gasteiger partial charge in [0.15, 0.2) is 6.21 Å². The molecule has 0 unspecified atom stereocenters. The smallest absolute Gasteiger partial charge is 0.220 e. The molecule has 0 aromatic rings. The van der Waals surface area contributed by atoms with Crippen molar-refractivity contribution in [1.82, 2.24) is 5.32 Å². The standard InChI is InChI=1S/C15H29N5O2/c1-3-5-6-7-8-9-15(22)19-12(10-14(16)21)13(20-17)11-18-4-2/h11-12H,3-10,17H2,1-2H3,(H2,16,21)(H,19,22)/p+1/b18-11?,20-13+/t12-/m1/s1. The third-order valence-electron chi connectivity index (χ3n) is 3.21. The van der Waals surface area contributed by atoms with Gasteiger partial charge in [0.25, 0.3) is 0 Å². The fourth-order valence-electron chi connectivity index (χ4n) is 2.02. The Morgan fingerprint density at radius 1 is 1.23 bits per heavy atom. The first-order chi connectivity index (χ1) is 10.5. The van der Waals surface area contributed by atoms with Gasteiger partial charge in [0.05, 0.1) is 12.5 Å². The maximum Gasteiger partial charge on any atom is 0.220 e. The molecule has 0 fully saturated rings. The molecule has 2 amide bonds. The molecule has 7 nitrogen and oxygen atoms in total. The van der Waals surface area contributed by atoms with Crippen LogP contribution in [0.4, 0.5) is 0 Å². The van der Waals surface area contributed by atoms with Gasteiger partial charge >= 0.3 is 0 Å². The van der Waals surface area contributed by atoms with Crippen molar-refractivity contribution in [2.45, 2.75) is 64.8 Å². The van der Waals surface area contributed by atoms with Crippen LogP contribution in [0.25, 0.3) is 0 Å². The number of nitrogens with one attached hydrogen (secondary N) is 2. The van der Waals surface area contributed by atoms with Crippen molar-refractivity contribution in [2.75, 3.05) is 6.54 Å². The second kappa shape index (κ2) is 12.8. The van der Waals surface area contributed by atoms with E-state index in [4.69, 9.17) is 11.6 Å². The van der Waals surface area contributed by atoms with Gasteiger partial charge in [-0.05, 0) is 13.3 Å². The molecule has 0 aromatic heterocycles. The fourth-order valence-corrected chi connectivity index (χ4v) is 2.02. The van der Waals surface area contributed by atoms with Gasteiger partial charge in [-0.3, -0.25) is 9.59 Å². The van der Waals surface area contributed by atoms with E-state index in [1.165, 1.54) is 12.8 Å². The number of primary amides is 1. The van der Waals surface area contributed by atoms with Gasteiger partial charge in [0, 0.05) is 6.42 Å². The Balaban J connectivity index is 4.48. The zero-order valence-corrected chi connectivity index (χ0v) is 13.7. The molecule has 0 aromatic carbocycles. The lowest BCUT2D eigenvalue weighted by Crippen LogP contribution is -2.70. The fraction of sp³-hybridized carbons (Fsp3) is 0.733. The van der Waals surface area contributed by atoms with Gasteiger partial charge in [0.2, 0.25) is 11.8 Å². The predicted octanol–water partition coefficient (Wildman–Crippen LogP) is -0.807. The summed E-state index contributed by atoms with van der Waals surface area (Å²) in [5.41, 5.74) is 5.63. The van der Waals surface area contributed by atoms with Crippen LogP contribution >= 0.6 is 0 Å². The quantitative estimate of drug-likeness (QED) is 0.163. The molecule has 0 heterocycles. The van der Waals surface area contributed by atoms with Crippen LogP contribution in [-0.2, 0) is 9.59 Å². The Kier molecular flexibility index (Phi) is 11.7. The van der Waals surface area contributed by atoms with Gasteiger partial charge in [-0.1, -0.05) is 32.6 Å². The molecule has 126 valence electrons. The molecular weight excluding hydrogens is 282 g/mol. The topological polar surface area (TPSA) is 125 Å². The van der Waals surface area contributed by atoms with E-state index in [1.54, 1.807) is 6.21 Å². The number of hydrazone groups is 1. The summed E-state index contributed by atoms with van der Waals surface area (Å²) in [7, 11) is 0. The Morgan fingerprint density at radius 3 is 2.45 bits per heavy atom. The molecule has 0 aliphatic carbocycles. The summed E-state index contributed by atoms with van der Waals surface area (Å²) in [5, 5.41) is 6.41. The lowest BCUT2D eigenvalue weighted by molar-refractivity contribution is -0.445. The molecule has 0 radical (unpaired) electrons. The minimum absolute atomic E-state index is 0.0283. The van der Waals surface area contributed by atoms with Gasteiger partial charge in [-0.25, -0.2) is 4.99 Å². The molecule has 7 heteroatoms. The van der Waals surface area contributed by atoms with Crippen LogP contribution in [0.2, 0.25) is 0 Å². The summed E-state index contributed by atoms with van der Waals surface area (Å²) in [5.74, 6) is 4.70. The second-order valence-electron chi connectivity index (χ2n) is 5.21. The molecule has 6 N–H and O–H groups in total. The van der Waals surface area contributed by atoms with Crippen LogP contribution in [0, 0.1) is 0 Å². The Labute approximate surface area is 132 Å². The molecule has 0 bridgehead atoms. The van der Waals surface area contributed by atoms with Crippen molar-refractivity contribution in [1.29, 1.82) is 0 Å². The van der Waals surface area contributed by atoms with E-state index in [2.05, 4.69) is 22.3 Å². The normalized spacial score (nSPS) is 13.3. The first-order valence-electron chi connectivity index (χ1n) is 7.97. The van der Waals surface area contributed by atoms with Gasteiger partial charge in [0.1, 0.15) is 12.3 Å². The van der Waals surface area contributed by atoms with E-state index in [9.17, 15) is 9.59 Å². The minimum atomic E-state index is -0.593. The molecule has 0 aliphatic rings. The third-order valence-corrected chi connectivity index (χ3v) is 3.21. The highest BCUT2D eigenvalue weighted by atomic mass is 16.2. The zero-order valence-electron chi connectivity index (χ0n) is 13.7. The molecule has 0 saturated carbocycles. The van der Waals surface area contributed by atoms with E-state index in [-0.39, 0.29) is 12.3 Å². The second-order valence-corrected chi connectivity index (χ2v) is 5.21. The highest BCUT2D eigenvalue weighted by Crippen LogP contribution is 2.05. The van der Waals surface area contributed by atoms with E-state index in [0.717, 1.165) is 19.3 Å².